The van der Waals surface area contributed by atoms with Crippen LogP contribution >= 0.6 is 0 Å². The van der Waals surface area contributed by atoms with Crippen LogP contribution in [0.5, 0.6) is 5.75 Å². The molecular formula is C22H26N2O5. The largest absolute Gasteiger partial charge is 0.489 e. The number of urea groups is 1. The molecule has 0 saturated carbocycles. The van der Waals surface area contributed by atoms with Gasteiger partial charge in [0, 0.05) is 0 Å². The van der Waals surface area contributed by atoms with E-state index in [2.05, 4.69) is 20.8 Å². The minimum atomic E-state index is -1.14. The predicted molar refractivity (Wildman–Crippen MR) is 109 cm³/mol. The zero-order chi connectivity index (χ0) is 21.6. The van der Waals surface area contributed by atoms with Crippen molar-refractivity contribution in [3.63, 3.8) is 0 Å². The highest BCUT2D eigenvalue weighted by atomic mass is 16.5. The van der Waals surface area contributed by atoms with Crippen LogP contribution in [0.15, 0.2) is 48.5 Å². The van der Waals surface area contributed by atoms with Gasteiger partial charge in [-0.3, -0.25) is 10.1 Å². The van der Waals surface area contributed by atoms with Gasteiger partial charge in [0.25, 0.3) is 5.91 Å². The minimum Gasteiger partial charge on any atom is -0.489 e. The molecule has 3 N–H and O–H groups in total. The van der Waals surface area contributed by atoms with Crippen molar-refractivity contribution in [1.29, 1.82) is 0 Å². The van der Waals surface area contributed by atoms with Crippen LogP contribution in [-0.4, -0.2) is 24.0 Å². The quantitative estimate of drug-likeness (QED) is 0.726. The Bertz CT molecular complexity index is 868. The van der Waals surface area contributed by atoms with Gasteiger partial charge in [0.15, 0.2) is 6.10 Å². The number of hydrogen-bond donors (Lipinski definition) is 2. The number of nitrogens with one attached hydrogen (secondary N) is 1. The molecule has 0 aliphatic carbocycles. The summed E-state index contributed by atoms with van der Waals surface area (Å²) in [6.07, 6.45) is -1.14. The lowest BCUT2D eigenvalue weighted by Crippen LogP contribution is -2.42. The first kappa shape index (κ1) is 21.9. The molecule has 0 aliphatic rings. The molecule has 2 aromatic carbocycles. The van der Waals surface area contributed by atoms with Crippen LogP contribution in [0.1, 0.15) is 49.2 Å². The number of carbonyl (C=O) groups excluding carboxylic acids is 3. The molecule has 7 heteroatoms. The lowest BCUT2D eigenvalue weighted by molar-refractivity contribution is -0.127. The Morgan fingerprint density at radius 3 is 2.10 bits per heavy atom. The van der Waals surface area contributed by atoms with Crippen LogP contribution in [0, 0.1) is 0 Å². The molecule has 0 fully saturated rings. The Hall–Kier alpha value is -3.35. The topological polar surface area (TPSA) is 108 Å². The number of benzene rings is 2. The smallest absolute Gasteiger partial charge is 0.338 e. The number of rotatable bonds is 6. The molecule has 0 aliphatic heterocycles. The van der Waals surface area contributed by atoms with Gasteiger partial charge in [0.05, 0.1) is 5.56 Å². The summed E-state index contributed by atoms with van der Waals surface area (Å²) in [6, 6.07) is 13.6. The molecule has 154 valence electrons. The average Bonchev–Trinajstić information content (AvgIpc) is 2.65. The highest BCUT2D eigenvalue weighted by Crippen LogP contribution is 2.24. The molecule has 1 atom stereocenters. The van der Waals surface area contributed by atoms with Crippen molar-refractivity contribution >= 4 is 17.9 Å². The fourth-order valence-electron chi connectivity index (χ4n) is 2.46. The number of amides is 3. The number of hydrogen-bond acceptors (Lipinski definition) is 5. The van der Waals surface area contributed by atoms with E-state index >= 15 is 0 Å². The molecule has 0 saturated heterocycles. The third-order valence-electron chi connectivity index (χ3n) is 4.21. The van der Waals surface area contributed by atoms with Crippen LogP contribution in [-0.2, 0) is 21.6 Å². The lowest BCUT2D eigenvalue weighted by Gasteiger charge is -2.19. The average molecular weight is 398 g/mol. The van der Waals surface area contributed by atoms with Gasteiger partial charge in [-0.05, 0) is 47.7 Å². The summed E-state index contributed by atoms with van der Waals surface area (Å²) in [5, 5.41) is 1.86. The normalized spacial score (nSPS) is 12.0. The predicted octanol–water partition coefficient (Wildman–Crippen LogP) is 3.30. The van der Waals surface area contributed by atoms with Crippen LogP contribution in [0.3, 0.4) is 0 Å². The summed E-state index contributed by atoms with van der Waals surface area (Å²) < 4.78 is 10.8. The molecule has 0 heterocycles. The van der Waals surface area contributed by atoms with Gasteiger partial charge in [0.2, 0.25) is 0 Å². The maximum Gasteiger partial charge on any atom is 0.338 e. The number of nitrogens with two attached hydrogens (primary N) is 1. The van der Waals surface area contributed by atoms with Crippen molar-refractivity contribution in [2.75, 3.05) is 0 Å². The van der Waals surface area contributed by atoms with Crippen molar-refractivity contribution in [2.45, 2.75) is 45.8 Å². The monoisotopic (exact) mass is 398 g/mol. The van der Waals surface area contributed by atoms with Crippen LogP contribution in [0.2, 0.25) is 0 Å². The number of primary amides is 1. The van der Waals surface area contributed by atoms with Crippen LogP contribution < -0.4 is 15.8 Å². The summed E-state index contributed by atoms with van der Waals surface area (Å²) in [6.45, 7) is 8.16. The Labute approximate surface area is 170 Å². The Morgan fingerprint density at radius 1 is 1.00 bits per heavy atom. The molecule has 0 bridgehead atoms. The first-order valence-corrected chi connectivity index (χ1v) is 9.20. The molecule has 0 aromatic heterocycles. The second-order valence-corrected chi connectivity index (χ2v) is 7.66. The van der Waals surface area contributed by atoms with E-state index < -0.39 is 24.0 Å². The van der Waals surface area contributed by atoms with Gasteiger partial charge in [-0.15, -0.1) is 0 Å². The van der Waals surface area contributed by atoms with Gasteiger partial charge in [-0.1, -0.05) is 45.0 Å². The van der Waals surface area contributed by atoms with E-state index in [1.807, 2.05) is 29.6 Å². The summed E-state index contributed by atoms with van der Waals surface area (Å²) in [4.78, 5) is 34.3. The van der Waals surface area contributed by atoms with Gasteiger partial charge >= 0.3 is 12.0 Å². The van der Waals surface area contributed by atoms with Gasteiger partial charge in [-0.25, -0.2) is 9.59 Å². The highest BCUT2D eigenvalue weighted by molar-refractivity contribution is 5.98. The SMILES string of the molecule is C[C@@H](OC(=O)c1ccc(COc2ccc(C(C)(C)C)cc2)cc1)C(=O)NC(N)=O. The Morgan fingerprint density at radius 2 is 1.59 bits per heavy atom. The maximum atomic E-state index is 12.1. The van der Waals surface area contributed by atoms with Crippen molar-refractivity contribution in [3.8, 4) is 5.75 Å². The number of esters is 1. The molecule has 2 aromatic rings. The minimum absolute atomic E-state index is 0.0843. The van der Waals surface area contributed by atoms with Crippen molar-refractivity contribution in [3.05, 3.63) is 65.2 Å². The summed E-state index contributed by atoms with van der Waals surface area (Å²) in [5.74, 6) is -0.702. The first-order valence-electron chi connectivity index (χ1n) is 9.20. The molecule has 0 spiro atoms. The standard InChI is InChI=1S/C22H26N2O5/c1-14(19(25)24-21(23)27)29-20(26)16-7-5-15(6-8-16)13-28-18-11-9-17(10-12-18)22(2,3)4/h5-12,14H,13H2,1-4H3,(H3,23,24,25,27)/t14-/m1/s1. The van der Waals surface area contributed by atoms with E-state index in [9.17, 15) is 14.4 Å². The van der Waals surface area contributed by atoms with E-state index in [1.165, 1.54) is 12.5 Å². The zero-order valence-electron chi connectivity index (χ0n) is 17.0. The maximum absolute atomic E-state index is 12.1. The second-order valence-electron chi connectivity index (χ2n) is 7.66. The molecule has 29 heavy (non-hydrogen) atoms. The summed E-state index contributed by atoms with van der Waals surface area (Å²) >= 11 is 0. The van der Waals surface area contributed by atoms with Gasteiger partial charge in [-0.2, -0.15) is 0 Å². The molecular weight excluding hydrogens is 372 g/mol. The highest BCUT2D eigenvalue weighted by Gasteiger charge is 2.20. The molecule has 0 radical (unpaired) electrons. The van der Waals surface area contributed by atoms with Crippen molar-refractivity contribution in [1.82, 2.24) is 5.32 Å². The fraction of sp³-hybridized carbons (Fsp3) is 0.318. The summed E-state index contributed by atoms with van der Waals surface area (Å²) in [7, 11) is 0. The zero-order valence-corrected chi connectivity index (χ0v) is 17.0. The van der Waals surface area contributed by atoms with Crippen LogP contribution in [0.4, 0.5) is 4.79 Å². The van der Waals surface area contributed by atoms with E-state index in [0.29, 0.717) is 6.61 Å². The summed E-state index contributed by atoms with van der Waals surface area (Å²) in [5.41, 5.74) is 7.33. The van der Waals surface area contributed by atoms with E-state index in [0.717, 1.165) is 11.3 Å². The van der Waals surface area contributed by atoms with Crippen molar-refractivity contribution < 1.29 is 23.9 Å². The van der Waals surface area contributed by atoms with Gasteiger partial charge < -0.3 is 15.2 Å². The molecule has 3 amide bonds. The van der Waals surface area contributed by atoms with E-state index in [-0.39, 0.29) is 11.0 Å². The van der Waals surface area contributed by atoms with E-state index in [4.69, 9.17) is 15.2 Å². The molecule has 2 rings (SSSR count). The molecule has 7 nitrogen and oxygen atoms in total. The Kier molecular flexibility index (Phi) is 6.98. The third-order valence-corrected chi connectivity index (χ3v) is 4.21. The number of carbonyl (C=O) groups is 3. The van der Waals surface area contributed by atoms with Crippen molar-refractivity contribution in [2.24, 2.45) is 5.73 Å². The Balaban J connectivity index is 1.90. The lowest BCUT2D eigenvalue weighted by atomic mass is 9.87. The second kappa shape index (κ2) is 9.23. The number of imide groups is 1. The first-order chi connectivity index (χ1) is 13.6. The third kappa shape index (κ3) is 6.64. The van der Waals surface area contributed by atoms with Crippen LogP contribution in [0.25, 0.3) is 0 Å². The van der Waals surface area contributed by atoms with E-state index in [1.54, 1.807) is 24.3 Å². The van der Waals surface area contributed by atoms with Gasteiger partial charge in [0.1, 0.15) is 12.4 Å². The number of ether oxygens (including phenoxy) is 2. The molecule has 0 unspecified atom stereocenters. The fourth-order valence-corrected chi connectivity index (χ4v) is 2.46.